The molecule has 0 aliphatic rings. The van der Waals surface area contributed by atoms with Gasteiger partial charge >= 0.3 is 0 Å². The van der Waals surface area contributed by atoms with E-state index in [1.54, 1.807) is 27.7 Å². The predicted molar refractivity (Wildman–Crippen MR) is 64.6 cm³/mol. The average Bonchev–Trinajstić information content (AvgIpc) is 2.27. The summed E-state index contributed by atoms with van der Waals surface area (Å²) in [5, 5.41) is 38.8. The van der Waals surface area contributed by atoms with Gasteiger partial charge in [-0.3, -0.25) is 0 Å². The van der Waals surface area contributed by atoms with Crippen molar-refractivity contribution in [3.63, 3.8) is 0 Å². The summed E-state index contributed by atoms with van der Waals surface area (Å²) in [7, 11) is 0. The minimum atomic E-state index is -1.30. The largest absolute Gasteiger partial charge is 0.395 e. The number of aliphatic hydroxyl groups excluding tert-OH is 4. The molecule has 17 heavy (non-hydrogen) atoms. The van der Waals surface area contributed by atoms with E-state index in [9.17, 15) is 15.3 Å². The highest BCUT2D eigenvalue weighted by Crippen LogP contribution is 2.19. The molecule has 0 aromatic carbocycles. The van der Waals surface area contributed by atoms with Crippen molar-refractivity contribution in [2.75, 3.05) is 6.61 Å². The van der Waals surface area contributed by atoms with Crippen molar-refractivity contribution in [1.82, 2.24) is 4.90 Å². The fourth-order valence-corrected chi connectivity index (χ4v) is 1.47. The van der Waals surface area contributed by atoms with Gasteiger partial charge in [-0.05, 0) is 11.8 Å². The maximum absolute atomic E-state index is 9.99. The molecule has 6 nitrogen and oxygen atoms in total. The van der Waals surface area contributed by atoms with Gasteiger partial charge in [-0.1, -0.05) is 27.7 Å². The Morgan fingerprint density at radius 2 is 1.24 bits per heavy atom. The molecule has 0 aliphatic carbocycles. The lowest BCUT2D eigenvalue weighted by atomic mass is 10.1. The topological polar surface area (TPSA) is 110 Å². The van der Waals surface area contributed by atoms with Gasteiger partial charge < -0.3 is 26.2 Å². The summed E-state index contributed by atoms with van der Waals surface area (Å²) in [5.41, 5.74) is 5.53. The number of nitrogens with two attached hydrogens (primary N) is 1. The van der Waals surface area contributed by atoms with Crippen molar-refractivity contribution >= 4 is 0 Å². The smallest absolute Gasteiger partial charge is 0.128 e. The third kappa shape index (κ3) is 4.50. The molecule has 0 spiro atoms. The van der Waals surface area contributed by atoms with Crippen LogP contribution in [0.5, 0.6) is 0 Å². The zero-order valence-corrected chi connectivity index (χ0v) is 11.0. The highest BCUT2D eigenvalue weighted by atomic mass is 16.4. The SMILES string of the molecule is CC(C)C(O)N(C(O)C(C)C)C(O)C(N)CO. The summed E-state index contributed by atoms with van der Waals surface area (Å²) in [6.07, 6.45) is -3.35. The fourth-order valence-electron chi connectivity index (χ4n) is 1.47. The highest BCUT2D eigenvalue weighted by molar-refractivity contribution is 4.79. The van der Waals surface area contributed by atoms with E-state index in [0.717, 1.165) is 4.90 Å². The van der Waals surface area contributed by atoms with E-state index in [1.807, 2.05) is 0 Å². The predicted octanol–water partition coefficient (Wildman–Crippen LogP) is -1.12. The van der Waals surface area contributed by atoms with Crippen LogP contribution in [-0.2, 0) is 0 Å². The lowest BCUT2D eigenvalue weighted by molar-refractivity contribution is -0.210. The maximum atomic E-state index is 9.99. The van der Waals surface area contributed by atoms with E-state index >= 15 is 0 Å². The van der Waals surface area contributed by atoms with Gasteiger partial charge in [-0.15, -0.1) is 0 Å². The molecule has 0 radical (unpaired) electrons. The van der Waals surface area contributed by atoms with Crippen LogP contribution < -0.4 is 5.73 Å². The minimum absolute atomic E-state index is 0.177. The summed E-state index contributed by atoms with van der Waals surface area (Å²) in [6, 6.07) is -0.934. The Morgan fingerprint density at radius 1 is 0.882 bits per heavy atom. The van der Waals surface area contributed by atoms with E-state index in [-0.39, 0.29) is 11.8 Å². The molecular formula is C11H26N2O4. The molecule has 0 aliphatic heterocycles. The van der Waals surface area contributed by atoms with Crippen molar-refractivity contribution in [3.8, 4) is 0 Å². The van der Waals surface area contributed by atoms with E-state index in [4.69, 9.17) is 10.8 Å². The van der Waals surface area contributed by atoms with Crippen LogP contribution in [0.1, 0.15) is 27.7 Å². The van der Waals surface area contributed by atoms with Gasteiger partial charge in [0.15, 0.2) is 0 Å². The van der Waals surface area contributed by atoms with E-state index in [2.05, 4.69) is 0 Å². The third-order valence-corrected chi connectivity index (χ3v) is 2.70. The molecule has 6 N–H and O–H groups in total. The van der Waals surface area contributed by atoms with Gasteiger partial charge in [-0.2, -0.15) is 0 Å². The second kappa shape index (κ2) is 7.25. The lowest BCUT2D eigenvalue weighted by Crippen LogP contribution is -2.59. The molecule has 0 aromatic heterocycles. The van der Waals surface area contributed by atoms with Gasteiger partial charge in [-0.25, -0.2) is 4.90 Å². The molecule has 104 valence electrons. The van der Waals surface area contributed by atoms with E-state index < -0.39 is 31.3 Å². The Hall–Kier alpha value is -0.240. The number of rotatable bonds is 7. The zero-order valence-electron chi connectivity index (χ0n) is 11.0. The molecular weight excluding hydrogens is 224 g/mol. The molecule has 0 aromatic rings. The van der Waals surface area contributed by atoms with Gasteiger partial charge in [0.1, 0.15) is 18.7 Å². The first-order valence-electron chi connectivity index (χ1n) is 5.92. The van der Waals surface area contributed by atoms with E-state index in [1.165, 1.54) is 0 Å². The molecule has 4 unspecified atom stereocenters. The van der Waals surface area contributed by atoms with Gasteiger partial charge in [0, 0.05) is 0 Å². The molecule has 0 saturated carbocycles. The molecule has 0 rings (SSSR count). The standard InChI is InChI=1S/C11H26N2O4/c1-6(2)9(15)13(10(16)7(3)4)11(17)8(12)5-14/h6-11,14-17H,5,12H2,1-4H3. The van der Waals surface area contributed by atoms with Crippen molar-refractivity contribution in [1.29, 1.82) is 0 Å². The quantitative estimate of drug-likeness (QED) is 0.366. The molecule has 6 heteroatoms. The van der Waals surface area contributed by atoms with Gasteiger partial charge in [0.05, 0.1) is 12.6 Å². The summed E-state index contributed by atoms with van der Waals surface area (Å²) in [4.78, 5) is 1.14. The van der Waals surface area contributed by atoms with Gasteiger partial charge in [0.2, 0.25) is 0 Å². The van der Waals surface area contributed by atoms with Crippen molar-refractivity contribution in [3.05, 3.63) is 0 Å². The Morgan fingerprint density at radius 3 is 1.47 bits per heavy atom. The Labute approximate surface area is 103 Å². The summed E-state index contributed by atoms with van der Waals surface area (Å²) >= 11 is 0. The van der Waals surface area contributed by atoms with Crippen LogP contribution >= 0.6 is 0 Å². The molecule has 0 heterocycles. The van der Waals surface area contributed by atoms with Crippen molar-refractivity contribution in [2.24, 2.45) is 17.6 Å². The van der Waals surface area contributed by atoms with Crippen LogP contribution in [0.15, 0.2) is 0 Å². The minimum Gasteiger partial charge on any atom is -0.395 e. The Kier molecular flexibility index (Phi) is 7.15. The first-order valence-corrected chi connectivity index (χ1v) is 5.92. The second-order valence-corrected chi connectivity index (χ2v) is 5.02. The Balaban J connectivity index is 4.96. The van der Waals surface area contributed by atoms with Crippen LogP contribution in [0.3, 0.4) is 0 Å². The maximum Gasteiger partial charge on any atom is 0.128 e. The summed E-state index contributed by atoms with van der Waals surface area (Å²) in [6.45, 7) is 6.64. The van der Waals surface area contributed by atoms with Crippen LogP contribution in [0.25, 0.3) is 0 Å². The third-order valence-electron chi connectivity index (χ3n) is 2.70. The monoisotopic (exact) mass is 250 g/mol. The summed E-state index contributed by atoms with van der Waals surface area (Å²) < 4.78 is 0. The lowest BCUT2D eigenvalue weighted by Gasteiger charge is -2.40. The molecule has 0 bridgehead atoms. The highest BCUT2D eigenvalue weighted by Gasteiger charge is 2.35. The fraction of sp³-hybridized carbons (Fsp3) is 1.00. The van der Waals surface area contributed by atoms with Gasteiger partial charge in [0.25, 0.3) is 0 Å². The first-order chi connectivity index (χ1) is 7.73. The van der Waals surface area contributed by atoms with Crippen LogP contribution in [0.2, 0.25) is 0 Å². The van der Waals surface area contributed by atoms with Crippen LogP contribution in [-0.4, -0.2) is 56.7 Å². The van der Waals surface area contributed by atoms with E-state index in [0.29, 0.717) is 0 Å². The summed E-state index contributed by atoms with van der Waals surface area (Å²) in [5.74, 6) is -0.354. The zero-order chi connectivity index (χ0) is 13.7. The van der Waals surface area contributed by atoms with Crippen LogP contribution in [0, 0.1) is 11.8 Å². The van der Waals surface area contributed by atoms with Crippen LogP contribution in [0.4, 0.5) is 0 Å². The number of nitrogens with zero attached hydrogens (tertiary/aromatic N) is 1. The van der Waals surface area contributed by atoms with Crippen molar-refractivity contribution < 1.29 is 20.4 Å². The Bertz CT molecular complexity index is 200. The number of hydrogen-bond acceptors (Lipinski definition) is 6. The second-order valence-electron chi connectivity index (χ2n) is 5.02. The van der Waals surface area contributed by atoms with Crippen molar-refractivity contribution in [2.45, 2.75) is 52.4 Å². The number of aliphatic hydroxyl groups is 4. The average molecular weight is 250 g/mol. The normalized spacial score (nSPS) is 19.8. The first kappa shape index (κ1) is 16.8. The number of hydrogen-bond donors (Lipinski definition) is 5. The molecule has 0 amide bonds. The molecule has 0 saturated heterocycles. The molecule has 0 fully saturated rings. The molecule has 4 atom stereocenters.